The highest BCUT2D eigenvalue weighted by molar-refractivity contribution is 7.87. The van der Waals surface area contributed by atoms with Gasteiger partial charge in [0.1, 0.15) is 0 Å². The van der Waals surface area contributed by atoms with Gasteiger partial charge in [-0.2, -0.15) is 47.9 Å². The van der Waals surface area contributed by atoms with Gasteiger partial charge in [-0.25, -0.2) is 4.39 Å². The Labute approximate surface area is 148 Å². The van der Waals surface area contributed by atoms with E-state index in [9.17, 15) is 52.3 Å². The highest BCUT2D eigenvalue weighted by atomic mass is 32.2. The summed E-state index contributed by atoms with van der Waals surface area (Å²) in [4.78, 5) is 0. The molecule has 0 spiro atoms. The van der Waals surface area contributed by atoms with Gasteiger partial charge in [0.05, 0.1) is 6.61 Å². The fraction of sp³-hybridized carbons (Fsp3) is 0.846. The SMILES string of the molecule is C=CCOS(=O)(=O)C(F)(F)C(F)(F)C(F)(F)C(F)CCCCCC(F)(F)F. The maximum absolute atomic E-state index is 13.5. The van der Waals surface area contributed by atoms with Crippen LogP contribution in [0.1, 0.15) is 32.1 Å². The molecule has 0 fully saturated rings. The highest BCUT2D eigenvalue weighted by Crippen LogP contribution is 2.51. The predicted molar refractivity (Wildman–Crippen MR) is 73.9 cm³/mol. The molecule has 0 radical (unpaired) electrons. The van der Waals surface area contributed by atoms with Crippen molar-refractivity contribution in [3.05, 3.63) is 12.7 Å². The van der Waals surface area contributed by atoms with E-state index in [1.54, 1.807) is 0 Å². The molecule has 0 rings (SSSR count). The van der Waals surface area contributed by atoms with Gasteiger partial charge in [-0.1, -0.05) is 18.9 Å². The van der Waals surface area contributed by atoms with Crippen LogP contribution in [0.3, 0.4) is 0 Å². The van der Waals surface area contributed by atoms with E-state index in [0.29, 0.717) is 6.08 Å². The first-order valence-corrected chi connectivity index (χ1v) is 8.69. The maximum Gasteiger partial charge on any atom is 0.438 e. The van der Waals surface area contributed by atoms with Crippen LogP contribution in [-0.4, -0.2) is 44.5 Å². The molecular weight excluding hydrogens is 426 g/mol. The fourth-order valence-electron chi connectivity index (χ4n) is 1.77. The monoisotopic (exact) mass is 442 g/mol. The number of alkyl halides is 10. The van der Waals surface area contributed by atoms with E-state index < -0.39 is 78.3 Å². The van der Waals surface area contributed by atoms with Gasteiger partial charge in [-0.15, -0.1) is 6.58 Å². The summed E-state index contributed by atoms with van der Waals surface area (Å²) in [6.07, 6.45) is -12.6. The molecule has 0 amide bonds. The number of halogens is 10. The first-order chi connectivity index (χ1) is 11.9. The third kappa shape index (κ3) is 6.22. The molecule has 0 saturated heterocycles. The van der Waals surface area contributed by atoms with Crippen LogP contribution in [-0.2, 0) is 14.3 Å². The van der Waals surface area contributed by atoms with Crippen molar-refractivity contribution in [1.82, 2.24) is 0 Å². The predicted octanol–water partition coefficient (Wildman–Crippen LogP) is 5.23. The Morgan fingerprint density at radius 2 is 1.44 bits per heavy atom. The zero-order chi connectivity index (χ0) is 21.7. The summed E-state index contributed by atoms with van der Waals surface area (Å²) in [6, 6.07) is 0. The minimum absolute atomic E-state index is 0.487. The molecule has 14 heteroatoms. The average Bonchev–Trinajstić information content (AvgIpc) is 2.50. The topological polar surface area (TPSA) is 43.4 Å². The zero-order valence-electron chi connectivity index (χ0n) is 13.5. The van der Waals surface area contributed by atoms with Crippen LogP contribution in [0.2, 0.25) is 0 Å². The number of rotatable bonds is 12. The summed E-state index contributed by atoms with van der Waals surface area (Å²) in [6.45, 7) is 1.62. The third-order valence-corrected chi connectivity index (χ3v) is 4.58. The lowest BCUT2D eigenvalue weighted by Crippen LogP contribution is -2.61. The van der Waals surface area contributed by atoms with Crippen molar-refractivity contribution in [3.63, 3.8) is 0 Å². The van der Waals surface area contributed by atoms with Gasteiger partial charge in [0, 0.05) is 6.42 Å². The number of hydrogen-bond acceptors (Lipinski definition) is 3. The molecule has 0 aliphatic rings. The van der Waals surface area contributed by atoms with Crippen molar-refractivity contribution in [2.75, 3.05) is 6.61 Å². The van der Waals surface area contributed by atoms with E-state index in [4.69, 9.17) is 0 Å². The molecule has 0 aromatic heterocycles. The standard InChI is InChI=1S/C13H16F10O3S/c1-2-8-26-27(24,25)13(22,23)12(20,21)11(18,19)9(14)6-4-3-5-7-10(15,16)17/h2,9H,1,3-8H2. The molecule has 0 aromatic carbocycles. The molecule has 1 atom stereocenters. The van der Waals surface area contributed by atoms with Gasteiger partial charge in [-0.05, 0) is 12.8 Å². The van der Waals surface area contributed by atoms with Gasteiger partial charge < -0.3 is 0 Å². The number of hydrogen-bond donors (Lipinski definition) is 0. The van der Waals surface area contributed by atoms with Crippen LogP contribution in [0.4, 0.5) is 43.9 Å². The van der Waals surface area contributed by atoms with Crippen LogP contribution in [0, 0.1) is 0 Å². The van der Waals surface area contributed by atoms with Crippen LogP contribution in [0.25, 0.3) is 0 Å². The van der Waals surface area contributed by atoms with E-state index in [2.05, 4.69) is 10.8 Å². The summed E-state index contributed by atoms with van der Waals surface area (Å²) in [5.74, 6) is -12.8. The van der Waals surface area contributed by atoms with Gasteiger partial charge in [0.2, 0.25) is 0 Å². The lowest BCUT2D eigenvalue weighted by molar-refractivity contribution is -0.300. The van der Waals surface area contributed by atoms with Crippen LogP contribution < -0.4 is 0 Å². The molecule has 1 unspecified atom stereocenters. The molecule has 162 valence electrons. The first-order valence-electron chi connectivity index (χ1n) is 7.28. The van der Waals surface area contributed by atoms with E-state index in [-0.39, 0.29) is 0 Å². The normalized spacial score (nSPS) is 15.6. The number of unbranched alkanes of at least 4 members (excludes halogenated alkanes) is 2. The summed E-state index contributed by atoms with van der Waals surface area (Å²) in [5.41, 5.74) is 0. The molecule has 0 aliphatic carbocycles. The van der Waals surface area contributed by atoms with Crippen molar-refractivity contribution in [1.29, 1.82) is 0 Å². The van der Waals surface area contributed by atoms with E-state index in [1.807, 2.05) is 0 Å². The van der Waals surface area contributed by atoms with Gasteiger partial charge in [-0.3, -0.25) is 4.18 Å². The second-order valence-corrected chi connectivity index (χ2v) is 7.08. The molecule has 27 heavy (non-hydrogen) atoms. The minimum atomic E-state index is -6.69. The van der Waals surface area contributed by atoms with Gasteiger partial charge >= 0.3 is 33.4 Å². The quantitative estimate of drug-likeness (QED) is 0.180. The lowest BCUT2D eigenvalue weighted by atomic mass is 10.0. The van der Waals surface area contributed by atoms with E-state index in [1.165, 1.54) is 0 Å². The smallest absolute Gasteiger partial charge is 0.261 e. The summed E-state index contributed by atoms with van der Waals surface area (Å²) < 4.78 is 156. The molecule has 0 aromatic rings. The molecule has 0 N–H and O–H groups in total. The Morgan fingerprint density at radius 1 is 0.926 bits per heavy atom. The van der Waals surface area contributed by atoms with Crippen molar-refractivity contribution in [2.45, 2.75) is 61.6 Å². The Kier molecular flexibility index (Phi) is 8.62. The van der Waals surface area contributed by atoms with E-state index in [0.717, 1.165) is 0 Å². The Balaban J connectivity index is 5.15. The van der Waals surface area contributed by atoms with Crippen molar-refractivity contribution in [2.24, 2.45) is 0 Å². The van der Waals surface area contributed by atoms with E-state index >= 15 is 0 Å². The van der Waals surface area contributed by atoms with Crippen molar-refractivity contribution < 1.29 is 56.5 Å². The summed E-state index contributed by atoms with van der Waals surface area (Å²) in [7, 11) is -6.57. The zero-order valence-corrected chi connectivity index (χ0v) is 14.3. The Morgan fingerprint density at radius 3 is 1.89 bits per heavy atom. The largest absolute Gasteiger partial charge is 0.438 e. The van der Waals surface area contributed by atoms with Gasteiger partial charge in [0.15, 0.2) is 6.17 Å². The minimum Gasteiger partial charge on any atom is -0.261 e. The van der Waals surface area contributed by atoms with Crippen LogP contribution in [0.15, 0.2) is 12.7 Å². The Bertz CT molecular complexity index is 586. The van der Waals surface area contributed by atoms with Crippen LogP contribution in [0.5, 0.6) is 0 Å². The van der Waals surface area contributed by atoms with Gasteiger partial charge in [0.25, 0.3) is 0 Å². The maximum atomic E-state index is 13.5. The molecule has 0 aliphatic heterocycles. The average molecular weight is 442 g/mol. The second-order valence-electron chi connectivity index (χ2n) is 5.42. The second kappa shape index (κ2) is 8.97. The Hall–Kier alpha value is -1.05. The van der Waals surface area contributed by atoms with Crippen molar-refractivity contribution in [3.8, 4) is 0 Å². The summed E-state index contributed by atoms with van der Waals surface area (Å²) in [5, 5.41) is -6.48. The molecular formula is C13H16F10O3S. The first kappa shape index (κ1) is 26.0. The van der Waals surface area contributed by atoms with Crippen LogP contribution >= 0.6 is 0 Å². The molecule has 0 heterocycles. The third-order valence-electron chi connectivity index (χ3n) is 3.25. The highest BCUT2D eigenvalue weighted by Gasteiger charge is 2.80. The molecule has 0 bridgehead atoms. The lowest BCUT2D eigenvalue weighted by Gasteiger charge is -2.33. The fourth-order valence-corrected chi connectivity index (χ4v) is 2.64. The van der Waals surface area contributed by atoms with Crippen molar-refractivity contribution >= 4 is 10.1 Å². The molecule has 3 nitrogen and oxygen atoms in total. The summed E-state index contributed by atoms with van der Waals surface area (Å²) >= 11 is 0. The molecule has 0 saturated carbocycles.